The second kappa shape index (κ2) is 3.74. The van der Waals surface area contributed by atoms with Crippen LogP contribution in [0.3, 0.4) is 0 Å². The van der Waals surface area contributed by atoms with Crippen LogP contribution in [-0.2, 0) is 6.96 Å². The van der Waals surface area contributed by atoms with Gasteiger partial charge < -0.3 is 0 Å². The first-order valence-corrected chi connectivity index (χ1v) is 25.8. The Morgan fingerprint density at radius 1 is 1.50 bits per heavy atom. The number of halogens is 3. The average Bonchev–Trinajstić information content (AvgIpc) is 0.811. The van der Waals surface area contributed by atoms with Gasteiger partial charge in [0.25, 0.3) is 0 Å². The molecule has 0 bridgehead atoms. The van der Waals surface area contributed by atoms with Gasteiger partial charge in [0.2, 0.25) is 0 Å². The van der Waals surface area contributed by atoms with Crippen LogP contribution in [-0.4, -0.2) is 0 Å². The SMILES string of the molecule is [Br][Zn-]([I])[I]. The molecule has 0 heterocycles. The second-order valence-electron chi connectivity index (χ2n) is 0.303. The first-order valence-electron chi connectivity index (χ1n) is 0.802. The molecular weight excluding hydrogens is 399 g/mol. The van der Waals surface area contributed by atoms with Gasteiger partial charge in [-0.3, -0.25) is 0 Å². The van der Waals surface area contributed by atoms with Crippen LogP contribution in [0.4, 0.5) is 0 Å². The molecule has 0 fully saturated rings. The third kappa shape index (κ3) is 8.82. The van der Waals surface area contributed by atoms with Gasteiger partial charge in [-0.05, 0) is 0 Å². The fourth-order valence-corrected chi connectivity index (χ4v) is 0. The molecule has 0 radical (unpaired) electrons. The Kier molecular flexibility index (Phi) is 6.14. The van der Waals surface area contributed by atoms with Gasteiger partial charge in [0.15, 0.2) is 0 Å². The molecule has 0 aromatic carbocycles. The Morgan fingerprint density at radius 3 is 1.50 bits per heavy atom. The summed E-state index contributed by atoms with van der Waals surface area (Å²) in [5.74, 6) is 0. The molecule has 0 aromatic rings. The molecule has 0 aliphatic rings. The number of hydrogen-bond acceptors (Lipinski definition) is 0. The minimum absolute atomic E-state index is 0.872. The van der Waals surface area contributed by atoms with E-state index in [4.69, 9.17) is 0 Å². The quantitative estimate of drug-likeness (QED) is 0.434. The third-order valence-corrected chi connectivity index (χ3v) is 0. The van der Waals surface area contributed by atoms with E-state index in [0.29, 0.717) is 0 Å². The monoisotopic (exact) mass is 397 g/mol. The van der Waals surface area contributed by atoms with E-state index in [0.717, 1.165) is 0 Å². The molecule has 0 N–H and O–H groups in total. The van der Waals surface area contributed by atoms with Crippen molar-refractivity contribution in [1.82, 2.24) is 0 Å². The van der Waals surface area contributed by atoms with Crippen molar-refractivity contribution in [3.63, 3.8) is 0 Å². The van der Waals surface area contributed by atoms with Gasteiger partial charge in [-0.15, -0.1) is 0 Å². The summed E-state index contributed by atoms with van der Waals surface area (Å²) in [6.45, 7) is -0.872. The maximum absolute atomic E-state index is 3.45. The van der Waals surface area contributed by atoms with Crippen molar-refractivity contribution in [3.8, 4) is 0 Å². The fraction of sp³-hybridized carbons (Fsp3) is 0. The maximum atomic E-state index is 3.45. The molecular formula is BrI2Zn-. The normalized spacial score (nSPS) is 6.75. The molecule has 0 rings (SSSR count). The number of hydrogen-bond donors (Lipinski definition) is 0. The topological polar surface area (TPSA) is 0 Å². The third-order valence-electron chi connectivity index (χ3n) is 0. The standard InChI is InChI=1S/BrH.2HI.Zn/h3*1H;/q;;;+2/p-3. The molecule has 0 amide bonds. The molecule has 0 atom stereocenters. The summed E-state index contributed by atoms with van der Waals surface area (Å²) in [5, 5.41) is 0. The zero-order valence-electron chi connectivity index (χ0n) is 1.84. The summed E-state index contributed by atoms with van der Waals surface area (Å²) in [5.41, 5.74) is 0. The Labute approximate surface area is 58.7 Å². The van der Waals surface area contributed by atoms with Crippen LogP contribution < -0.4 is 0 Å². The van der Waals surface area contributed by atoms with Crippen LogP contribution in [0.2, 0.25) is 0 Å². The van der Waals surface area contributed by atoms with Gasteiger partial charge in [-0.2, -0.15) is 0 Å². The van der Waals surface area contributed by atoms with E-state index in [-0.39, 0.29) is 0 Å². The van der Waals surface area contributed by atoms with E-state index in [2.05, 4.69) is 53.1 Å². The van der Waals surface area contributed by atoms with Crippen LogP contribution in [0, 0.1) is 0 Å². The van der Waals surface area contributed by atoms with E-state index in [1.165, 1.54) is 0 Å². The summed E-state index contributed by atoms with van der Waals surface area (Å²) in [6, 6.07) is 0. The molecule has 0 aliphatic heterocycles. The molecule has 24 valence electrons. The van der Waals surface area contributed by atoms with Gasteiger partial charge >= 0.3 is 60.1 Å². The molecule has 0 spiro atoms. The average molecular weight is 399 g/mol. The molecule has 0 aromatic heterocycles. The Hall–Kier alpha value is 2.56. The van der Waals surface area contributed by atoms with Crippen molar-refractivity contribution >= 4 is 53.1 Å². The Balaban J connectivity index is 2.32. The van der Waals surface area contributed by atoms with Crippen molar-refractivity contribution < 1.29 is 6.96 Å². The van der Waals surface area contributed by atoms with Gasteiger partial charge in [-0.25, -0.2) is 0 Å². The van der Waals surface area contributed by atoms with Gasteiger partial charge in [-0.1, -0.05) is 0 Å². The molecule has 0 unspecified atom stereocenters. The first-order chi connectivity index (χ1) is 1.73. The molecule has 0 saturated carbocycles. The molecule has 4 heavy (non-hydrogen) atoms. The van der Waals surface area contributed by atoms with Crippen LogP contribution in [0.1, 0.15) is 0 Å². The summed E-state index contributed by atoms with van der Waals surface area (Å²) >= 11 is 8.36. The molecule has 0 saturated heterocycles. The van der Waals surface area contributed by atoms with Crippen molar-refractivity contribution in [2.75, 3.05) is 0 Å². The van der Waals surface area contributed by atoms with E-state index in [9.17, 15) is 0 Å². The Bertz CT molecular complexity index is 10.8. The van der Waals surface area contributed by atoms with Crippen molar-refractivity contribution in [1.29, 1.82) is 0 Å². The predicted octanol–water partition coefficient (Wildman–Crippen LogP) is 2.61. The summed E-state index contributed by atoms with van der Waals surface area (Å²) in [4.78, 5) is 0. The van der Waals surface area contributed by atoms with E-state index in [1.807, 2.05) is 0 Å². The summed E-state index contributed by atoms with van der Waals surface area (Å²) in [7, 11) is 0. The van der Waals surface area contributed by atoms with Gasteiger partial charge in [0.05, 0.1) is 0 Å². The van der Waals surface area contributed by atoms with Gasteiger partial charge in [0.1, 0.15) is 0 Å². The van der Waals surface area contributed by atoms with Crippen molar-refractivity contribution in [2.24, 2.45) is 0 Å². The van der Waals surface area contributed by atoms with Crippen LogP contribution >= 0.6 is 53.1 Å². The van der Waals surface area contributed by atoms with Crippen molar-refractivity contribution in [3.05, 3.63) is 0 Å². The van der Waals surface area contributed by atoms with Crippen LogP contribution in [0.5, 0.6) is 0 Å². The van der Waals surface area contributed by atoms with E-state index in [1.54, 1.807) is 0 Å². The zero-order chi connectivity index (χ0) is 3.58. The van der Waals surface area contributed by atoms with Gasteiger partial charge in [0, 0.05) is 0 Å². The van der Waals surface area contributed by atoms with Crippen molar-refractivity contribution in [2.45, 2.75) is 0 Å². The van der Waals surface area contributed by atoms with Crippen LogP contribution in [0.25, 0.3) is 0 Å². The van der Waals surface area contributed by atoms with Crippen LogP contribution in [0.15, 0.2) is 0 Å². The second-order valence-corrected chi connectivity index (χ2v) is 60.2. The fourth-order valence-electron chi connectivity index (χ4n) is 0. The number of rotatable bonds is 0. The van der Waals surface area contributed by atoms with E-state index < -0.39 is 6.96 Å². The molecule has 0 nitrogen and oxygen atoms in total. The minimum atomic E-state index is -0.872. The first kappa shape index (κ1) is 6.56. The Morgan fingerprint density at radius 2 is 1.50 bits per heavy atom. The zero-order valence-corrected chi connectivity index (χ0v) is 10.7. The summed E-state index contributed by atoms with van der Waals surface area (Å²) < 4.78 is 0. The van der Waals surface area contributed by atoms with E-state index >= 15 is 0 Å². The predicted molar refractivity (Wildman–Crippen MR) is 37.0 cm³/mol. The summed E-state index contributed by atoms with van der Waals surface area (Å²) in [6.07, 6.45) is 0. The molecule has 4 heteroatoms. The molecule has 0 aliphatic carbocycles.